The maximum Gasteiger partial charge on any atom is 0.326 e. The van der Waals surface area contributed by atoms with E-state index in [4.69, 9.17) is 5.11 Å². The smallest absolute Gasteiger partial charge is 0.326 e. The van der Waals surface area contributed by atoms with Gasteiger partial charge in [-0.2, -0.15) is 0 Å². The van der Waals surface area contributed by atoms with Gasteiger partial charge < -0.3 is 15.7 Å². The molecule has 0 spiro atoms. The summed E-state index contributed by atoms with van der Waals surface area (Å²) in [5.74, 6) is -5.78. The topological polar surface area (TPSA) is 78.4 Å². The van der Waals surface area contributed by atoms with Crippen LogP contribution in [0.4, 0.5) is 23.7 Å². The van der Waals surface area contributed by atoms with Crippen molar-refractivity contribution < 1.29 is 27.9 Å². The predicted molar refractivity (Wildman–Crippen MR) is 64.8 cm³/mol. The normalized spacial score (nSPS) is 11.8. The molecule has 0 saturated heterocycles. The zero-order chi connectivity index (χ0) is 15.3. The molecule has 3 N–H and O–H groups in total. The Morgan fingerprint density at radius 2 is 1.80 bits per heavy atom. The molecule has 0 unspecified atom stereocenters. The van der Waals surface area contributed by atoms with Gasteiger partial charge in [0.15, 0.2) is 17.5 Å². The molecule has 0 saturated carbocycles. The van der Waals surface area contributed by atoms with Crippen molar-refractivity contribution in [2.75, 3.05) is 5.32 Å². The summed E-state index contributed by atoms with van der Waals surface area (Å²) in [6.45, 7) is 1.74. The first-order chi connectivity index (χ1) is 9.35. The van der Waals surface area contributed by atoms with Gasteiger partial charge in [-0.15, -0.1) is 0 Å². The van der Waals surface area contributed by atoms with Crippen molar-refractivity contribution in [3.8, 4) is 0 Å². The van der Waals surface area contributed by atoms with E-state index < -0.39 is 35.5 Å². The fraction of sp³-hybridized carbons (Fsp3) is 0.333. The number of rotatable bonds is 5. The highest BCUT2D eigenvalue weighted by Crippen LogP contribution is 2.17. The lowest BCUT2D eigenvalue weighted by atomic mass is 10.2. The quantitative estimate of drug-likeness (QED) is 0.729. The first kappa shape index (κ1) is 15.8. The van der Waals surface area contributed by atoms with E-state index in [0.29, 0.717) is 18.6 Å². The third-order valence-electron chi connectivity index (χ3n) is 2.42. The van der Waals surface area contributed by atoms with Gasteiger partial charge >= 0.3 is 12.0 Å². The van der Waals surface area contributed by atoms with E-state index in [2.05, 4.69) is 5.32 Å². The Morgan fingerprint density at radius 1 is 1.25 bits per heavy atom. The lowest BCUT2D eigenvalue weighted by Crippen LogP contribution is -2.42. The first-order valence-electron chi connectivity index (χ1n) is 5.80. The summed E-state index contributed by atoms with van der Waals surface area (Å²) in [5.41, 5.74) is -0.320. The maximum absolute atomic E-state index is 12.9. The van der Waals surface area contributed by atoms with Gasteiger partial charge in [0.25, 0.3) is 0 Å². The fourth-order valence-electron chi connectivity index (χ4n) is 1.50. The van der Waals surface area contributed by atoms with Gasteiger partial charge in [0.2, 0.25) is 0 Å². The van der Waals surface area contributed by atoms with Gasteiger partial charge in [0.1, 0.15) is 6.04 Å². The number of carboxylic acids is 1. The van der Waals surface area contributed by atoms with Crippen LogP contribution in [-0.2, 0) is 4.79 Å². The summed E-state index contributed by atoms with van der Waals surface area (Å²) in [4.78, 5) is 22.3. The Bertz CT molecular complexity index is 500. The molecule has 1 aromatic carbocycles. The van der Waals surface area contributed by atoms with Gasteiger partial charge in [-0.25, -0.2) is 22.8 Å². The molecular formula is C12H13F3N2O3. The molecule has 0 aromatic heterocycles. The Balaban J connectivity index is 2.73. The number of carbonyl (C=O) groups is 2. The van der Waals surface area contributed by atoms with Gasteiger partial charge in [-0.3, -0.25) is 0 Å². The van der Waals surface area contributed by atoms with Crippen LogP contribution in [0.1, 0.15) is 19.8 Å². The molecule has 2 amide bonds. The molecule has 1 atom stereocenters. The minimum atomic E-state index is -1.65. The highest BCUT2D eigenvalue weighted by molar-refractivity contribution is 5.92. The Morgan fingerprint density at radius 3 is 2.25 bits per heavy atom. The molecule has 20 heavy (non-hydrogen) atoms. The summed E-state index contributed by atoms with van der Waals surface area (Å²) < 4.78 is 38.6. The van der Waals surface area contributed by atoms with E-state index in [1.165, 1.54) is 0 Å². The first-order valence-corrected chi connectivity index (χ1v) is 5.80. The number of carbonyl (C=O) groups excluding carboxylic acids is 1. The molecule has 0 fully saturated rings. The van der Waals surface area contributed by atoms with Crippen molar-refractivity contribution in [1.29, 1.82) is 0 Å². The van der Waals surface area contributed by atoms with Crippen LogP contribution in [-0.4, -0.2) is 23.1 Å². The van der Waals surface area contributed by atoms with Crippen LogP contribution in [0.5, 0.6) is 0 Å². The van der Waals surface area contributed by atoms with Gasteiger partial charge in [-0.05, 0) is 6.42 Å². The average Bonchev–Trinajstić information content (AvgIpc) is 2.35. The predicted octanol–water partition coefficient (Wildman–Crippen LogP) is 2.48. The van der Waals surface area contributed by atoms with Crippen LogP contribution >= 0.6 is 0 Å². The molecule has 0 aliphatic heterocycles. The number of carboxylic acid groups (broad SMARTS) is 1. The van der Waals surface area contributed by atoms with Crippen molar-refractivity contribution >= 4 is 17.7 Å². The molecular weight excluding hydrogens is 277 g/mol. The second-order valence-corrected chi connectivity index (χ2v) is 4.03. The monoisotopic (exact) mass is 290 g/mol. The third kappa shape index (κ3) is 4.15. The van der Waals surface area contributed by atoms with Gasteiger partial charge in [0, 0.05) is 17.8 Å². The molecule has 5 nitrogen and oxygen atoms in total. The number of amides is 2. The van der Waals surface area contributed by atoms with Crippen LogP contribution < -0.4 is 10.6 Å². The number of urea groups is 1. The van der Waals surface area contributed by atoms with E-state index in [9.17, 15) is 22.8 Å². The zero-order valence-electron chi connectivity index (χ0n) is 10.5. The third-order valence-corrected chi connectivity index (χ3v) is 2.42. The number of anilines is 1. The van der Waals surface area contributed by atoms with E-state index in [-0.39, 0.29) is 12.1 Å². The summed E-state index contributed by atoms with van der Waals surface area (Å²) in [6.07, 6.45) is 0.728. The number of hydrogen-bond acceptors (Lipinski definition) is 2. The number of hydrogen-bond donors (Lipinski definition) is 3. The van der Waals surface area contributed by atoms with Crippen molar-refractivity contribution in [1.82, 2.24) is 5.32 Å². The molecule has 0 bridgehead atoms. The molecule has 0 aliphatic rings. The van der Waals surface area contributed by atoms with Crippen molar-refractivity contribution in [3.05, 3.63) is 29.6 Å². The summed E-state index contributed by atoms with van der Waals surface area (Å²) >= 11 is 0. The fourth-order valence-corrected chi connectivity index (χ4v) is 1.50. The highest BCUT2D eigenvalue weighted by Gasteiger charge is 2.19. The minimum Gasteiger partial charge on any atom is -0.480 e. The number of benzene rings is 1. The summed E-state index contributed by atoms with van der Waals surface area (Å²) in [7, 11) is 0. The van der Waals surface area contributed by atoms with Crippen LogP contribution in [0.15, 0.2) is 12.1 Å². The minimum absolute atomic E-state index is 0.203. The largest absolute Gasteiger partial charge is 0.480 e. The average molecular weight is 290 g/mol. The van der Waals surface area contributed by atoms with Gasteiger partial charge in [0.05, 0.1) is 0 Å². The number of nitrogens with one attached hydrogen (secondary N) is 2. The van der Waals surface area contributed by atoms with Crippen molar-refractivity contribution in [3.63, 3.8) is 0 Å². The Kier molecular flexibility index (Phi) is 5.36. The molecule has 0 aliphatic carbocycles. The number of aliphatic carboxylic acids is 1. The highest BCUT2D eigenvalue weighted by atomic mass is 19.2. The molecule has 1 aromatic rings. The molecule has 110 valence electrons. The lowest BCUT2D eigenvalue weighted by Gasteiger charge is -2.14. The van der Waals surface area contributed by atoms with E-state index in [1.807, 2.05) is 5.32 Å². The maximum atomic E-state index is 12.9. The van der Waals surface area contributed by atoms with Crippen molar-refractivity contribution in [2.24, 2.45) is 0 Å². The molecule has 0 heterocycles. The van der Waals surface area contributed by atoms with E-state index >= 15 is 0 Å². The second kappa shape index (κ2) is 6.78. The van der Waals surface area contributed by atoms with Crippen LogP contribution in [0.25, 0.3) is 0 Å². The summed E-state index contributed by atoms with van der Waals surface area (Å²) in [6, 6.07) is -0.882. The SMILES string of the molecule is CCC[C@H](NC(=O)Nc1cc(F)c(F)c(F)c1)C(=O)O. The van der Waals surface area contributed by atoms with Gasteiger partial charge in [-0.1, -0.05) is 13.3 Å². The Labute approximate surface area is 112 Å². The van der Waals surface area contributed by atoms with Crippen LogP contribution in [0.3, 0.4) is 0 Å². The molecule has 0 radical (unpaired) electrons. The molecule has 8 heteroatoms. The van der Waals surface area contributed by atoms with E-state index in [0.717, 1.165) is 0 Å². The van der Waals surface area contributed by atoms with Crippen molar-refractivity contribution in [2.45, 2.75) is 25.8 Å². The van der Waals surface area contributed by atoms with E-state index in [1.54, 1.807) is 6.92 Å². The standard InChI is InChI=1S/C12H13F3N2O3/c1-2-3-9(11(18)19)17-12(20)16-6-4-7(13)10(15)8(14)5-6/h4-5,9H,2-3H2,1H3,(H,18,19)(H2,16,17,20)/t9-/m0/s1. The Hall–Kier alpha value is -2.25. The summed E-state index contributed by atoms with van der Waals surface area (Å²) in [5, 5.41) is 13.0. The second-order valence-electron chi connectivity index (χ2n) is 4.03. The number of halogens is 3. The van der Waals surface area contributed by atoms with Crippen LogP contribution in [0.2, 0.25) is 0 Å². The molecule has 1 rings (SSSR count). The zero-order valence-corrected chi connectivity index (χ0v) is 10.5. The van der Waals surface area contributed by atoms with Crippen LogP contribution in [0, 0.1) is 17.5 Å². The lowest BCUT2D eigenvalue weighted by molar-refractivity contribution is -0.139.